The minimum absolute atomic E-state index is 0.00775. The van der Waals surface area contributed by atoms with Crippen molar-refractivity contribution in [1.82, 2.24) is 14.8 Å². The third kappa shape index (κ3) is 4.23. The number of amides is 3. The average Bonchev–Trinajstić information content (AvgIpc) is 3.05. The molecule has 1 aromatic heterocycles. The Balaban J connectivity index is 1.62. The topological polar surface area (TPSA) is 79.8 Å². The lowest BCUT2D eigenvalue weighted by Gasteiger charge is -2.35. The minimum atomic E-state index is -1.18. The van der Waals surface area contributed by atoms with Crippen LogP contribution in [0.15, 0.2) is 54.9 Å². The molecule has 31 heavy (non-hydrogen) atoms. The van der Waals surface area contributed by atoms with Gasteiger partial charge >= 0.3 is 0 Å². The van der Waals surface area contributed by atoms with E-state index in [-0.39, 0.29) is 43.2 Å². The maximum atomic E-state index is 13.7. The quantitative estimate of drug-likeness (QED) is 0.669. The Morgan fingerprint density at radius 2 is 2.00 bits per heavy atom. The number of piperidine rings is 1. The number of ether oxygens (including phenoxy) is 1. The normalized spacial score (nSPS) is 24.0. The molecule has 0 unspecified atom stereocenters. The zero-order valence-corrected chi connectivity index (χ0v) is 17.7. The number of hydrogen-bond acceptors (Lipinski definition) is 5. The summed E-state index contributed by atoms with van der Waals surface area (Å²) in [6.07, 6.45) is 5.05. The highest BCUT2D eigenvalue weighted by molar-refractivity contribution is 6.10. The molecule has 0 bridgehead atoms. The third-order valence-electron chi connectivity index (χ3n) is 6.32. The molecule has 162 valence electrons. The molecule has 3 amide bonds. The van der Waals surface area contributed by atoms with Crippen LogP contribution < -0.4 is 0 Å². The van der Waals surface area contributed by atoms with E-state index in [1.165, 1.54) is 4.90 Å². The SMILES string of the molecule is CO[C@@H]1CCCN(C(=O)C[C@]2(c3ccccc3)CC(=O)N(Cc3cccnc3)C2=O)C1. The second-order valence-corrected chi connectivity index (χ2v) is 8.29. The molecule has 2 aromatic rings. The van der Waals surface area contributed by atoms with Crippen LogP contribution in [0.1, 0.15) is 36.8 Å². The Labute approximate surface area is 182 Å². The first-order chi connectivity index (χ1) is 15.0. The van der Waals surface area contributed by atoms with E-state index < -0.39 is 5.41 Å². The van der Waals surface area contributed by atoms with Crippen molar-refractivity contribution >= 4 is 17.7 Å². The minimum Gasteiger partial charge on any atom is -0.380 e. The molecule has 0 N–H and O–H groups in total. The number of nitrogens with zero attached hydrogens (tertiary/aromatic N) is 3. The number of carbonyl (C=O) groups excluding carboxylic acids is 3. The number of benzene rings is 1. The molecule has 2 atom stereocenters. The second-order valence-electron chi connectivity index (χ2n) is 8.29. The Kier molecular flexibility index (Phi) is 6.13. The van der Waals surface area contributed by atoms with Crippen molar-refractivity contribution in [3.8, 4) is 0 Å². The molecule has 0 saturated carbocycles. The Morgan fingerprint density at radius 3 is 2.71 bits per heavy atom. The standard InChI is InChI=1S/C24H27N3O4/c1-31-20-10-6-12-26(17-20)21(28)13-24(19-8-3-2-4-9-19)14-22(29)27(23(24)30)16-18-7-5-11-25-15-18/h2-5,7-9,11,15,20H,6,10,12-14,16-17H2,1H3/t20-,24-/m1/s1. The molecule has 0 aliphatic carbocycles. The number of likely N-dealkylation sites (tertiary alicyclic amines) is 2. The molecule has 2 aliphatic rings. The van der Waals surface area contributed by atoms with Gasteiger partial charge < -0.3 is 9.64 Å². The summed E-state index contributed by atoms with van der Waals surface area (Å²) in [6.45, 7) is 1.32. The second kappa shape index (κ2) is 8.98. The van der Waals surface area contributed by atoms with E-state index in [0.717, 1.165) is 18.4 Å². The molecule has 2 saturated heterocycles. The molecule has 3 heterocycles. The number of rotatable bonds is 6. The highest BCUT2D eigenvalue weighted by Gasteiger charge is 2.54. The summed E-state index contributed by atoms with van der Waals surface area (Å²) in [6, 6.07) is 12.8. The van der Waals surface area contributed by atoms with Crippen LogP contribution in [0.4, 0.5) is 0 Å². The Hall–Kier alpha value is -3.06. The lowest BCUT2D eigenvalue weighted by molar-refractivity contribution is -0.144. The highest BCUT2D eigenvalue weighted by Crippen LogP contribution is 2.41. The third-order valence-corrected chi connectivity index (χ3v) is 6.32. The van der Waals surface area contributed by atoms with Gasteiger partial charge in [0.2, 0.25) is 17.7 Å². The maximum Gasteiger partial charge on any atom is 0.241 e. The van der Waals surface area contributed by atoms with Crippen molar-refractivity contribution in [2.24, 2.45) is 0 Å². The lowest BCUT2D eigenvalue weighted by atomic mass is 9.75. The zero-order valence-electron chi connectivity index (χ0n) is 17.7. The number of hydrogen-bond donors (Lipinski definition) is 0. The predicted octanol–water partition coefficient (Wildman–Crippen LogP) is 2.31. The summed E-state index contributed by atoms with van der Waals surface area (Å²) < 4.78 is 5.44. The van der Waals surface area contributed by atoms with E-state index in [4.69, 9.17) is 4.74 Å². The fourth-order valence-electron chi connectivity index (χ4n) is 4.58. The van der Waals surface area contributed by atoms with E-state index in [1.54, 1.807) is 30.5 Å². The van der Waals surface area contributed by atoms with Gasteiger partial charge in [0.15, 0.2) is 0 Å². The van der Waals surface area contributed by atoms with Gasteiger partial charge in [0, 0.05) is 45.4 Å². The van der Waals surface area contributed by atoms with E-state index in [0.29, 0.717) is 18.7 Å². The predicted molar refractivity (Wildman–Crippen MR) is 114 cm³/mol. The molecule has 0 spiro atoms. The first kappa shape index (κ1) is 21.2. The first-order valence-corrected chi connectivity index (χ1v) is 10.6. The number of pyridine rings is 1. The summed E-state index contributed by atoms with van der Waals surface area (Å²) >= 11 is 0. The Morgan fingerprint density at radius 1 is 1.19 bits per heavy atom. The van der Waals surface area contributed by atoms with Crippen molar-refractivity contribution in [1.29, 1.82) is 0 Å². The lowest BCUT2D eigenvalue weighted by Crippen LogP contribution is -2.47. The molecule has 0 radical (unpaired) electrons. The molecule has 7 nitrogen and oxygen atoms in total. The fourth-order valence-corrected chi connectivity index (χ4v) is 4.58. The molecule has 2 fully saturated rings. The van der Waals surface area contributed by atoms with E-state index >= 15 is 0 Å². The van der Waals surface area contributed by atoms with Crippen molar-refractivity contribution in [3.05, 3.63) is 66.0 Å². The molecule has 7 heteroatoms. The largest absolute Gasteiger partial charge is 0.380 e. The van der Waals surface area contributed by atoms with Crippen molar-refractivity contribution in [2.45, 2.75) is 43.7 Å². The summed E-state index contributed by atoms with van der Waals surface area (Å²) in [5.41, 5.74) is 0.298. The van der Waals surface area contributed by atoms with Gasteiger partial charge in [-0.3, -0.25) is 24.3 Å². The highest BCUT2D eigenvalue weighted by atomic mass is 16.5. The summed E-state index contributed by atoms with van der Waals surface area (Å²) in [5.74, 6) is -0.699. The Bertz CT molecular complexity index is 950. The monoisotopic (exact) mass is 421 g/mol. The van der Waals surface area contributed by atoms with Crippen LogP contribution in [0.5, 0.6) is 0 Å². The summed E-state index contributed by atoms with van der Waals surface area (Å²) in [5, 5.41) is 0. The zero-order chi connectivity index (χ0) is 21.8. The van der Waals surface area contributed by atoms with Crippen LogP contribution in [0.3, 0.4) is 0 Å². The van der Waals surface area contributed by atoms with Crippen LogP contribution in [0.2, 0.25) is 0 Å². The van der Waals surface area contributed by atoms with Crippen LogP contribution in [-0.2, 0) is 31.1 Å². The van der Waals surface area contributed by atoms with Gasteiger partial charge in [-0.05, 0) is 30.0 Å². The molecular weight excluding hydrogens is 394 g/mol. The molecule has 1 aromatic carbocycles. The van der Waals surface area contributed by atoms with Crippen LogP contribution in [-0.4, -0.2) is 58.8 Å². The number of methoxy groups -OCH3 is 1. The smallest absolute Gasteiger partial charge is 0.241 e. The van der Waals surface area contributed by atoms with E-state index in [2.05, 4.69) is 4.98 Å². The van der Waals surface area contributed by atoms with Crippen LogP contribution in [0, 0.1) is 0 Å². The van der Waals surface area contributed by atoms with Gasteiger partial charge in [0.25, 0.3) is 0 Å². The maximum absolute atomic E-state index is 13.7. The van der Waals surface area contributed by atoms with E-state index in [9.17, 15) is 14.4 Å². The van der Waals surface area contributed by atoms with Gasteiger partial charge in [0.1, 0.15) is 0 Å². The van der Waals surface area contributed by atoms with Crippen molar-refractivity contribution in [3.63, 3.8) is 0 Å². The fraction of sp³-hybridized carbons (Fsp3) is 0.417. The summed E-state index contributed by atoms with van der Waals surface area (Å²) in [4.78, 5) is 47.0. The average molecular weight is 421 g/mol. The van der Waals surface area contributed by atoms with Crippen molar-refractivity contribution < 1.29 is 19.1 Å². The number of aromatic nitrogens is 1. The summed E-state index contributed by atoms with van der Waals surface area (Å²) in [7, 11) is 1.65. The molecular formula is C24H27N3O4. The van der Waals surface area contributed by atoms with Crippen LogP contribution >= 0.6 is 0 Å². The van der Waals surface area contributed by atoms with E-state index in [1.807, 2.05) is 36.4 Å². The van der Waals surface area contributed by atoms with Gasteiger partial charge in [-0.1, -0.05) is 36.4 Å². The van der Waals surface area contributed by atoms with Crippen molar-refractivity contribution in [2.75, 3.05) is 20.2 Å². The number of carbonyl (C=O) groups is 3. The molecule has 4 rings (SSSR count). The van der Waals surface area contributed by atoms with Gasteiger partial charge in [-0.2, -0.15) is 0 Å². The number of imide groups is 1. The first-order valence-electron chi connectivity index (χ1n) is 10.6. The van der Waals surface area contributed by atoms with Gasteiger partial charge in [-0.15, -0.1) is 0 Å². The van der Waals surface area contributed by atoms with Gasteiger partial charge in [-0.25, -0.2) is 0 Å². The molecule has 2 aliphatic heterocycles. The van der Waals surface area contributed by atoms with Crippen LogP contribution in [0.25, 0.3) is 0 Å². The van der Waals surface area contributed by atoms with Gasteiger partial charge in [0.05, 0.1) is 18.1 Å².